The fourth-order valence-electron chi connectivity index (χ4n) is 4.52. The van der Waals surface area contributed by atoms with Crippen LogP contribution in [0.4, 0.5) is 15.9 Å². The number of nitrogens with zero attached hydrogens (tertiary/aromatic N) is 3. The lowest BCUT2D eigenvalue weighted by Crippen LogP contribution is -2.12. The van der Waals surface area contributed by atoms with Crippen LogP contribution in [0.2, 0.25) is 0 Å². The Labute approximate surface area is 272 Å². The van der Waals surface area contributed by atoms with Crippen molar-refractivity contribution in [1.29, 1.82) is 0 Å². The maximum absolute atomic E-state index is 13.5. The van der Waals surface area contributed by atoms with Gasteiger partial charge in [-0.25, -0.2) is 27.8 Å². The van der Waals surface area contributed by atoms with Crippen molar-refractivity contribution < 1.29 is 22.3 Å². The highest BCUT2D eigenvalue weighted by Crippen LogP contribution is 2.33. The van der Waals surface area contributed by atoms with E-state index in [0.717, 1.165) is 42.9 Å². The van der Waals surface area contributed by atoms with Gasteiger partial charge in [0.15, 0.2) is 9.84 Å². The number of hydrogen-bond donors (Lipinski definition) is 1. The molecule has 0 saturated heterocycles. The molecule has 0 radical (unpaired) electrons. The molecule has 0 atom stereocenters. The van der Waals surface area contributed by atoms with Gasteiger partial charge in [0.05, 0.1) is 39.5 Å². The SMILES string of the molecule is O=S(=O)(CCOCc1nc(-c2ccc3ncnc(Nc4ccc(OCc5cccc(F)c5)c(Br)c4)c3c2)cs1)c1ccccc1. The third-order valence-corrected chi connectivity index (χ3v) is 9.92. The van der Waals surface area contributed by atoms with Crippen LogP contribution < -0.4 is 10.1 Å². The lowest BCUT2D eigenvalue weighted by Gasteiger charge is -2.12. The first-order valence-corrected chi connectivity index (χ1v) is 17.2. The number of halogens is 2. The van der Waals surface area contributed by atoms with Gasteiger partial charge in [0.1, 0.15) is 35.3 Å². The molecule has 45 heavy (non-hydrogen) atoms. The molecule has 228 valence electrons. The number of ether oxygens (including phenoxy) is 2. The van der Waals surface area contributed by atoms with Crippen LogP contribution in [0.15, 0.2) is 112 Å². The standard InChI is InChI=1S/C33H26BrFN4O4S2/c34-28-17-25(10-12-31(28)43-18-22-5-4-6-24(35)15-22)38-33-27-16-23(9-11-29(27)36-21-37-33)30-20-44-32(39-30)19-42-13-14-45(40,41)26-7-2-1-3-8-26/h1-12,15-17,20-21H,13-14,18-19H2,(H,36,37,38). The number of benzene rings is 4. The highest BCUT2D eigenvalue weighted by Gasteiger charge is 2.15. The van der Waals surface area contributed by atoms with Gasteiger partial charge in [-0.2, -0.15) is 0 Å². The second-order valence-corrected chi connectivity index (χ2v) is 13.9. The van der Waals surface area contributed by atoms with Crippen LogP contribution in [-0.2, 0) is 27.8 Å². The van der Waals surface area contributed by atoms with Gasteiger partial charge in [-0.1, -0.05) is 36.4 Å². The molecule has 0 fully saturated rings. The summed E-state index contributed by atoms with van der Waals surface area (Å²) in [5.41, 5.74) is 3.95. The summed E-state index contributed by atoms with van der Waals surface area (Å²) < 4.78 is 50.7. The summed E-state index contributed by atoms with van der Waals surface area (Å²) in [5.74, 6) is 0.849. The second-order valence-electron chi connectivity index (χ2n) is 9.95. The summed E-state index contributed by atoms with van der Waals surface area (Å²) in [7, 11) is -3.40. The minimum atomic E-state index is -3.40. The second kappa shape index (κ2) is 13.8. The number of aromatic nitrogens is 3. The molecule has 0 unspecified atom stereocenters. The topological polar surface area (TPSA) is 103 Å². The molecule has 2 heterocycles. The van der Waals surface area contributed by atoms with E-state index in [2.05, 4.69) is 31.2 Å². The van der Waals surface area contributed by atoms with Gasteiger partial charge in [-0.05, 0) is 76.1 Å². The molecule has 0 aliphatic heterocycles. The van der Waals surface area contributed by atoms with E-state index < -0.39 is 9.84 Å². The number of nitrogens with one attached hydrogen (secondary N) is 1. The number of fused-ring (bicyclic) bond motifs is 1. The molecule has 8 nitrogen and oxygen atoms in total. The number of sulfone groups is 1. The average molecular weight is 706 g/mol. The molecule has 6 rings (SSSR count). The zero-order valence-electron chi connectivity index (χ0n) is 23.7. The van der Waals surface area contributed by atoms with Gasteiger partial charge in [-0.15, -0.1) is 11.3 Å². The molecule has 0 spiro atoms. The smallest absolute Gasteiger partial charge is 0.180 e. The van der Waals surface area contributed by atoms with Crippen LogP contribution in [0.3, 0.4) is 0 Å². The number of hydrogen-bond acceptors (Lipinski definition) is 9. The Balaban J connectivity index is 1.11. The van der Waals surface area contributed by atoms with E-state index in [4.69, 9.17) is 14.5 Å². The fourth-order valence-corrected chi connectivity index (χ4v) is 6.90. The van der Waals surface area contributed by atoms with Crippen molar-refractivity contribution in [2.75, 3.05) is 17.7 Å². The van der Waals surface area contributed by atoms with Gasteiger partial charge in [0.2, 0.25) is 0 Å². The summed E-state index contributed by atoms with van der Waals surface area (Å²) in [6.07, 6.45) is 1.51. The normalized spacial score (nSPS) is 11.5. The molecular formula is C33H26BrFN4O4S2. The van der Waals surface area contributed by atoms with Crippen LogP contribution >= 0.6 is 27.3 Å². The van der Waals surface area contributed by atoms with Crippen molar-refractivity contribution in [3.8, 4) is 17.0 Å². The zero-order valence-corrected chi connectivity index (χ0v) is 26.9. The quantitative estimate of drug-likeness (QED) is 0.128. The van der Waals surface area contributed by atoms with Gasteiger partial charge in [0.25, 0.3) is 0 Å². The highest BCUT2D eigenvalue weighted by molar-refractivity contribution is 9.10. The monoisotopic (exact) mass is 704 g/mol. The first-order valence-electron chi connectivity index (χ1n) is 13.8. The van der Waals surface area contributed by atoms with Crippen LogP contribution in [0.5, 0.6) is 5.75 Å². The Bertz CT molecular complexity index is 2060. The van der Waals surface area contributed by atoms with E-state index in [9.17, 15) is 12.8 Å². The van der Waals surface area contributed by atoms with E-state index in [1.54, 1.807) is 36.4 Å². The highest BCUT2D eigenvalue weighted by atomic mass is 79.9. The molecule has 12 heteroatoms. The van der Waals surface area contributed by atoms with E-state index >= 15 is 0 Å². The van der Waals surface area contributed by atoms with Crippen molar-refractivity contribution in [1.82, 2.24) is 15.0 Å². The number of anilines is 2. The first kappa shape index (κ1) is 30.8. The number of thiazole rings is 1. The minimum Gasteiger partial charge on any atom is -0.488 e. The Morgan fingerprint density at radius 1 is 0.911 bits per heavy atom. The lowest BCUT2D eigenvalue weighted by atomic mass is 10.1. The predicted molar refractivity (Wildman–Crippen MR) is 177 cm³/mol. The summed E-state index contributed by atoms with van der Waals surface area (Å²) >= 11 is 5.02. The van der Waals surface area contributed by atoms with E-state index in [1.807, 2.05) is 47.8 Å². The first-order chi connectivity index (χ1) is 21.8. The van der Waals surface area contributed by atoms with Crippen molar-refractivity contribution in [3.05, 3.63) is 124 Å². The third-order valence-electron chi connectivity index (χ3n) is 6.79. The lowest BCUT2D eigenvalue weighted by molar-refractivity contribution is 0.135. The summed E-state index contributed by atoms with van der Waals surface area (Å²) in [6, 6.07) is 26.1. The van der Waals surface area contributed by atoms with Crippen molar-refractivity contribution in [3.63, 3.8) is 0 Å². The van der Waals surface area contributed by atoms with Crippen LogP contribution in [-0.4, -0.2) is 35.7 Å². The molecule has 6 aromatic rings. The molecule has 0 aliphatic carbocycles. The summed E-state index contributed by atoms with van der Waals surface area (Å²) in [4.78, 5) is 13.9. The van der Waals surface area contributed by atoms with E-state index in [-0.39, 0.29) is 36.3 Å². The maximum atomic E-state index is 13.5. The molecule has 4 aromatic carbocycles. The fraction of sp³-hybridized carbons (Fsp3) is 0.121. The Kier molecular flexibility index (Phi) is 9.45. The molecule has 2 aromatic heterocycles. The maximum Gasteiger partial charge on any atom is 0.180 e. The Hall–Kier alpha value is -4.23. The van der Waals surface area contributed by atoms with Gasteiger partial charge < -0.3 is 14.8 Å². The van der Waals surface area contributed by atoms with Crippen LogP contribution in [0, 0.1) is 5.82 Å². The van der Waals surface area contributed by atoms with Crippen molar-refractivity contribution in [2.45, 2.75) is 18.1 Å². The molecule has 1 N–H and O–H groups in total. The van der Waals surface area contributed by atoms with Crippen molar-refractivity contribution in [2.24, 2.45) is 0 Å². The summed E-state index contributed by atoms with van der Waals surface area (Å²) in [6.45, 7) is 0.531. The third kappa shape index (κ3) is 7.71. The molecule has 0 bridgehead atoms. The minimum absolute atomic E-state index is 0.0741. The number of rotatable bonds is 12. The predicted octanol–water partition coefficient (Wildman–Crippen LogP) is 7.97. The van der Waals surface area contributed by atoms with Crippen LogP contribution in [0.1, 0.15) is 10.6 Å². The Morgan fingerprint density at radius 2 is 1.78 bits per heavy atom. The van der Waals surface area contributed by atoms with Gasteiger partial charge in [0, 0.05) is 22.0 Å². The van der Waals surface area contributed by atoms with Gasteiger partial charge in [-0.3, -0.25) is 0 Å². The van der Waals surface area contributed by atoms with Crippen molar-refractivity contribution >= 4 is 59.5 Å². The molecule has 0 amide bonds. The van der Waals surface area contributed by atoms with E-state index in [0.29, 0.717) is 11.6 Å². The Morgan fingerprint density at radius 3 is 2.60 bits per heavy atom. The zero-order chi connectivity index (χ0) is 31.2. The average Bonchev–Trinajstić information content (AvgIpc) is 3.52. The summed E-state index contributed by atoms with van der Waals surface area (Å²) in [5, 5.41) is 6.87. The van der Waals surface area contributed by atoms with Crippen LogP contribution in [0.25, 0.3) is 22.2 Å². The molecular weight excluding hydrogens is 679 g/mol. The van der Waals surface area contributed by atoms with Gasteiger partial charge >= 0.3 is 0 Å². The molecule has 0 aliphatic rings. The van der Waals surface area contributed by atoms with E-state index in [1.165, 1.54) is 29.8 Å². The largest absolute Gasteiger partial charge is 0.488 e. The molecule has 0 saturated carbocycles.